The number of amides is 1. The SMILES string of the molecule is Cc1c(F)c(F)c(C(=O)NC2CCCCCCC2)c(F)c1F. The molecule has 1 fully saturated rings. The fraction of sp³-hybridized carbons (Fsp3) is 0.562. The van der Waals surface area contributed by atoms with Gasteiger partial charge in [-0.3, -0.25) is 4.79 Å². The van der Waals surface area contributed by atoms with Crippen LogP contribution in [0.1, 0.15) is 60.9 Å². The van der Waals surface area contributed by atoms with Gasteiger partial charge in [0.2, 0.25) is 0 Å². The fourth-order valence-electron chi connectivity index (χ4n) is 2.80. The second-order valence-corrected chi connectivity index (χ2v) is 5.77. The van der Waals surface area contributed by atoms with Crippen molar-refractivity contribution in [3.63, 3.8) is 0 Å². The van der Waals surface area contributed by atoms with Crippen LogP contribution in [-0.4, -0.2) is 11.9 Å². The third-order valence-electron chi connectivity index (χ3n) is 4.15. The van der Waals surface area contributed by atoms with Crippen molar-refractivity contribution >= 4 is 5.91 Å². The lowest BCUT2D eigenvalue weighted by molar-refractivity contribution is 0.0919. The number of carbonyl (C=O) groups is 1. The van der Waals surface area contributed by atoms with E-state index in [1.807, 2.05) is 0 Å². The molecule has 1 N–H and O–H groups in total. The maximum Gasteiger partial charge on any atom is 0.257 e. The normalized spacial score (nSPS) is 17.0. The predicted molar refractivity (Wildman–Crippen MR) is 74.6 cm³/mol. The minimum Gasteiger partial charge on any atom is -0.349 e. The van der Waals surface area contributed by atoms with Gasteiger partial charge in [-0.15, -0.1) is 0 Å². The maximum absolute atomic E-state index is 13.8. The van der Waals surface area contributed by atoms with Gasteiger partial charge in [-0.1, -0.05) is 32.1 Å². The van der Waals surface area contributed by atoms with Gasteiger partial charge in [0.25, 0.3) is 5.91 Å². The molecule has 1 aliphatic carbocycles. The van der Waals surface area contributed by atoms with Crippen molar-refractivity contribution in [3.05, 3.63) is 34.4 Å². The number of benzene rings is 1. The molecule has 0 unspecified atom stereocenters. The van der Waals surface area contributed by atoms with Crippen LogP contribution in [0, 0.1) is 30.2 Å². The van der Waals surface area contributed by atoms with E-state index in [9.17, 15) is 22.4 Å². The molecule has 1 aromatic carbocycles. The Hall–Kier alpha value is -1.59. The molecule has 122 valence electrons. The Bertz CT molecular complexity index is 537. The van der Waals surface area contributed by atoms with Gasteiger partial charge in [0.05, 0.1) is 0 Å². The summed E-state index contributed by atoms with van der Waals surface area (Å²) >= 11 is 0. The van der Waals surface area contributed by atoms with E-state index in [2.05, 4.69) is 5.32 Å². The molecular formula is C16H19F4NO. The first-order chi connectivity index (χ1) is 10.4. The van der Waals surface area contributed by atoms with Crippen LogP contribution in [0.15, 0.2) is 0 Å². The molecule has 0 bridgehead atoms. The summed E-state index contributed by atoms with van der Waals surface area (Å²) in [6.45, 7) is 0.924. The molecule has 1 saturated carbocycles. The number of rotatable bonds is 2. The summed E-state index contributed by atoms with van der Waals surface area (Å²) in [5, 5.41) is 2.51. The van der Waals surface area contributed by atoms with Crippen molar-refractivity contribution in [2.45, 2.75) is 57.9 Å². The zero-order chi connectivity index (χ0) is 16.3. The van der Waals surface area contributed by atoms with Crippen molar-refractivity contribution in [2.75, 3.05) is 0 Å². The van der Waals surface area contributed by atoms with Gasteiger partial charge in [-0.05, 0) is 19.8 Å². The number of hydrogen-bond donors (Lipinski definition) is 1. The molecule has 0 aromatic heterocycles. The molecule has 1 aromatic rings. The summed E-state index contributed by atoms with van der Waals surface area (Å²) in [7, 11) is 0. The Morgan fingerprint density at radius 3 is 1.82 bits per heavy atom. The van der Waals surface area contributed by atoms with Crippen molar-refractivity contribution in [2.24, 2.45) is 0 Å². The van der Waals surface area contributed by atoms with Crippen LogP contribution < -0.4 is 5.32 Å². The summed E-state index contributed by atoms with van der Waals surface area (Å²) in [6.07, 6.45) is 6.45. The second-order valence-electron chi connectivity index (χ2n) is 5.77. The highest BCUT2D eigenvalue weighted by Crippen LogP contribution is 2.24. The smallest absolute Gasteiger partial charge is 0.257 e. The van der Waals surface area contributed by atoms with Crippen LogP contribution in [0.2, 0.25) is 0 Å². The molecule has 2 rings (SSSR count). The third-order valence-corrected chi connectivity index (χ3v) is 4.15. The number of halogens is 4. The van der Waals surface area contributed by atoms with Crippen LogP contribution in [0.4, 0.5) is 17.6 Å². The molecule has 0 spiro atoms. The molecule has 0 radical (unpaired) electrons. The van der Waals surface area contributed by atoms with Crippen LogP contribution in [0.25, 0.3) is 0 Å². The lowest BCUT2D eigenvalue weighted by atomic mass is 9.96. The first-order valence-corrected chi connectivity index (χ1v) is 7.57. The van der Waals surface area contributed by atoms with E-state index >= 15 is 0 Å². The van der Waals surface area contributed by atoms with Crippen LogP contribution in [0.3, 0.4) is 0 Å². The van der Waals surface area contributed by atoms with E-state index in [4.69, 9.17) is 0 Å². The standard InChI is InChI=1S/C16H19F4NO/c1-9-12(17)14(19)11(15(20)13(9)18)16(22)21-10-7-5-3-2-4-6-8-10/h10H,2-8H2,1H3,(H,21,22). The lowest BCUT2D eigenvalue weighted by Gasteiger charge is -2.21. The van der Waals surface area contributed by atoms with Gasteiger partial charge in [0, 0.05) is 11.6 Å². The first kappa shape index (κ1) is 16.8. The van der Waals surface area contributed by atoms with E-state index < -0.39 is 40.3 Å². The molecule has 1 aliphatic rings. The van der Waals surface area contributed by atoms with Gasteiger partial charge < -0.3 is 5.32 Å². The molecular weight excluding hydrogens is 298 g/mol. The van der Waals surface area contributed by atoms with Gasteiger partial charge in [-0.2, -0.15) is 0 Å². The molecule has 0 saturated heterocycles. The van der Waals surface area contributed by atoms with Gasteiger partial charge in [0.15, 0.2) is 23.3 Å². The zero-order valence-electron chi connectivity index (χ0n) is 12.4. The summed E-state index contributed by atoms with van der Waals surface area (Å²) in [5.74, 6) is -7.43. The average molecular weight is 317 g/mol. The Balaban J connectivity index is 2.22. The van der Waals surface area contributed by atoms with Gasteiger partial charge in [0.1, 0.15) is 5.56 Å². The minimum atomic E-state index is -1.64. The highest BCUT2D eigenvalue weighted by atomic mass is 19.2. The van der Waals surface area contributed by atoms with Crippen molar-refractivity contribution in [3.8, 4) is 0 Å². The van der Waals surface area contributed by atoms with Crippen molar-refractivity contribution in [1.29, 1.82) is 0 Å². The van der Waals surface area contributed by atoms with Crippen molar-refractivity contribution < 1.29 is 22.4 Å². The molecule has 22 heavy (non-hydrogen) atoms. The average Bonchev–Trinajstić information content (AvgIpc) is 2.46. The fourth-order valence-corrected chi connectivity index (χ4v) is 2.80. The molecule has 0 heterocycles. The summed E-state index contributed by atoms with van der Waals surface area (Å²) in [5.41, 5.74) is -1.94. The van der Waals surface area contributed by atoms with Crippen molar-refractivity contribution in [1.82, 2.24) is 5.32 Å². The van der Waals surface area contributed by atoms with E-state index in [1.54, 1.807) is 0 Å². The summed E-state index contributed by atoms with van der Waals surface area (Å²) in [4.78, 5) is 12.0. The second kappa shape index (κ2) is 7.11. The van der Waals surface area contributed by atoms with Gasteiger partial charge in [-0.25, -0.2) is 17.6 Å². The minimum absolute atomic E-state index is 0.223. The highest BCUT2D eigenvalue weighted by Gasteiger charge is 2.28. The Kier molecular flexibility index (Phi) is 5.42. The third kappa shape index (κ3) is 3.42. The van der Waals surface area contributed by atoms with Crippen LogP contribution in [-0.2, 0) is 0 Å². The Morgan fingerprint density at radius 2 is 1.32 bits per heavy atom. The Labute approximate surface area is 126 Å². The largest absolute Gasteiger partial charge is 0.349 e. The zero-order valence-corrected chi connectivity index (χ0v) is 12.4. The molecule has 1 amide bonds. The molecule has 0 aliphatic heterocycles. The van der Waals surface area contributed by atoms with Crippen LogP contribution >= 0.6 is 0 Å². The quantitative estimate of drug-likeness (QED) is 0.636. The highest BCUT2D eigenvalue weighted by molar-refractivity contribution is 5.95. The maximum atomic E-state index is 13.8. The van der Waals surface area contributed by atoms with E-state index in [0.717, 1.165) is 39.0 Å². The first-order valence-electron chi connectivity index (χ1n) is 7.57. The lowest BCUT2D eigenvalue weighted by Crippen LogP contribution is -2.36. The molecule has 0 atom stereocenters. The molecule has 2 nitrogen and oxygen atoms in total. The topological polar surface area (TPSA) is 29.1 Å². The number of carbonyl (C=O) groups excluding carboxylic acids is 1. The Morgan fingerprint density at radius 1 is 0.864 bits per heavy atom. The van der Waals surface area contributed by atoms with Crippen LogP contribution in [0.5, 0.6) is 0 Å². The monoisotopic (exact) mass is 317 g/mol. The summed E-state index contributed by atoms with van der Waals surface area (Å²) < 4.78 is 54.7. The van der Waals surface area contributed by atoms with E-state index in [-0.39, 0.29) is 6.04 Å². The van der Waals surface area contributed by atoms with E-state index in [1.165, 1.54) is 0 Å². The number of nitrogens with one attached hydrogen (secondary N) is 1. The summed E-state index contributed by atoms with van der Waals surface area (Å²) in [6, 6.07) is -0.223. The molecule has 6 heteroatoms. The number of hydrogen-bond acceptors (Lipinski definition) is 1. The van der Waals surface area contributed by atoms with Gasteiger partial charge >= 0.3 is 0 Å². The predicted octanol–water partition coefficient (Wildman–Crippen LogP) is 4.39. The van der Waals surface area contributed by atoms with E-state index in [0.29, 0.717) is 12.8 Å².